The Kier molecular flexibility index (Phi) is 3.38. The number of nitrogens with one attached hydrogen (secondary N) is 1. The summed E-state index contributed by atoms with van der Waals surface area (Å²) in [6.45, 7) is -0.156. The van der Waals surface area contributed by atoms with Gasteiger partial charge in [-0.25, -0.2) is 32.5 Å². The summed E-state index contributed by atoms with van der Waals surface area (Å²) in [5.74, 6) is 0. The Hall–Kier alpha value is -1.35. The molecule has 0 spiro atoms. The zero-order valence-corrected chi connectivity index (χ0v) is 9.71. The number of urea groups is 2. The molecule has 1 fully saturated rings. The van der Waals surface area contributed by atoms with E-state index in [-0.39, 0.29) is 13.1 Å². The minimum atomic E-state index is -3.75. The molecule has 0 aromatic carbocycles. The largest absolute Gasteiger partial charge is 0.339 e. The summed E-state index contributed by atoms with van der Waals surface area (Å²) >= 11 is 5.07. The molecule has 90 valence electrons. The Bertz CT molecular complexity index is 447. The van der Waals surface area contributed by atoms with E-state index in [9.17, 15) is 22.8 Å². The fourth-order valence-electron chi connectivity index (χ4n) is 1.10. The van der Waals surface area contributed by atoms with E-state index in [1.165, 1.54) is 0 Å². The van der Waals surface area contributed by atoms with Gasteiger partial charge < -0.3 is 0 Å². The van der Waals surface area contributed by atoms with Gasteiger partial charge in [0, 0.05) is 6.54 Å². The normalized spacial score (nSPS) is 16.5. The van der Waals surface area contributed by atoms with Crippen molar-refractivity contribution in [3.63, 3.8) is 0 Å². The van der Waals surface area contributed by atoms with Crippen LogP contribution in [0.2, 0.25) is 0 Å². The fourth-order valence-corrected chi connectivity index (χ4v) is 1.69. The standard InChI is InChI=1S/C6H8ClN3O5S/c1-16(14,15)8-5(12)10-3-2-9(4(7)11)6(10)13/h2-3H2,1H3,(H,8,12). The highest BCUT2D eigenvalue weighted by molar-refractivity contribution is 7.89. The maximum atomic E-state index is 11.4. The molecule has 10 heteroatoms. The number of hydrogen-bond donors (Lipinski definition) is 1. The van der Waals surface area contributed by atoms with Crippen LogP contribution in [0.15, 0.2) is 0 Å². The minimum Gasteiger partial charge on any atom is -0.255 e. The highest BCUT2D eigenvalue weighted by Gasteiger charge is 2.36. The first-order chi connectivity index (χ1) is 7.22. The lowest BCUT2D eigenvalue weighted by atomic mass is 10.6. The Morgan fingerprint density at radius 2 is 1.81 bits per heavy atom. The van der Waals surface area contributed by atoms with Crippen LogP contribution in [0.1, 0.15) is 0 Å². The van der Waals surface area contributed by atoms with E-state index in [4.69, 9.17) is 11.6 Å². The van der Waals surface area contributed by atoms with Gasteiger partial charge in [-0.15, -0.1) is 0 Å². The number of rotatable bonds is 1. The van der Waals surface area contributed by atoms with Crippen LogP contribution in [-0.4, -0.2) is 55.0 Å². The zero-order valence-electron chi connectivity index (χ0n) is 8.14. The average molecular weight is 270 g/mol. The van der Waals surface area contributed by atoms with Crippen LogP contribution < -0.4 is 4.72 Å². The number of imide groups is 2. The molecule has 0 atom stereocenters. The molecule has 1 rings (SSSR count). The smallest absolute Gasteiger partial charge is 0.255 e. The zero-order chi connectivity index (χ0) is 12.5. The van der Waals surface area contributed by atoms with Crippen LogP contribution in [0.5, 0.6) is 0 Å². The van der Waals surface area contributed by atoms with Gasteiger partial charge in [0.05, 0.1) is 12.8 Å². The van der Waals surface area contributed by atoms with Crippen molar-refractivity contribution in [3.8, 4) is 0 Å². The van der Waals surface area contributed by atoms with Crippen molar-refractivity contribution < 1.29 is 22.8 Å². The molecule has 0 bridgehead atoms. The maximum Gasteiger partial charge on any atom is 0.339 e. The van der Waals surface area contributed by atoms with E-state index in [0.29, 0.717) is 9.80 Å². The topological polar surface area (TPSA) is 104 Å². The second-order valence-electron chi connectivity index (χ2n) is 3.02. The predicted octanol–water partition coefficient (Wildman–Crippen LogP) is -0.248. The van der Waals surface area contributed by atoms with Crippen LogP contribution in [0, 0.1) is 0 Å². The number of sulfonamides is 1. The van der Waals surface area contributed by atoms with Gasteiger partial charge in [0.2, 0.25) is 10.0 Å². The SMILES string of the molecule is CS(=O)(=O)NC(=O)N1CCN(C(=O)Cl)C1=O. The lowest BCUT2D eigenvalue weighted by Gasteiger charge is -2.13. The van der Waals surface area contributed by atoms with Crippen LogP contribution >= 0.6 is 11.6 Å². The Labute approximate surface area is 96.2 Å². The third kappa shape index (κ3) is 2.83. The summed E-state index contributed by atoms with van der Waals surface area (Å²) in [5, 5.41) is -1.01. The molecular formula is C6H8ClN3O5S. The molecular weight excluding hydrogens is 262 g/mol. The monoisotopic (exact) mass is 269 g/mol. The molecule has 0 radical (unpaired) electrons. The van der Waals surface area contributed by atoms with Gasteiger partial charge in [0.25, 0.3) is 0 Å². The highest BCUT2D eigenvalue weighted by Crippen LogP contribution is 2.11. The van der Waals surface area contributed by atoms with Gasteiger partial charge >= 0.3 is 17.4 Å². The van der Waals surface area contributed by atoms with E-state index in [1.807, 2.05) is 0 Å². The molecule has 5 amide bonds. The summed E-state index contributed by atoms with van der Waals surface area (Å²) in [5.41, 5.74) is 0. The Morgan fingerprint density at radius 1 is 1.31 bits per heavy atom. The number of nitrogens with zero attached hydrogens (tertiary/aromatic N) is 2. The van der Waals surface area contributed by atoms with Gasteiger partial charge in [-0.05, 0) is 11.6 Å². The number of carbonyl (C=O) groups excluding carboxylic acids is 3. The van der Waals surface area contributed by atoms with Crippen LogP contribution in [0.4, 0.5) is 14.4 Å². The number of amides is 5. The summed E-state index contributed by atoms with van der Waals surface area (Å²) in [6, 6.07) is -2.05. The van der Waals surface area contributed by atoms with E-state index in [0.717, 1.165) is 6.26 Å². The lowest BCUT2D eigenvalue weighted by molar-refractivity contribution is 0.189. The summed E-state index contributed by atoms with van der Waals surface area (Å²) in [6.07, 6.45) is 0.774. The Morgan fingerprint density at radius 3 is 2.19 bits per heavy atom. The number of carbonyl (C=O) groups is 3. The number of hydrogen-bond acceptors (Lipinski definition) is 5. The van der Waals surface area contributed by atoms with Crippen LogP contribution in [0.3, 0.4) is 0 Å². The molecule has 1 heterocycles. The van der Waals surface area contributed by atoms with Crippen LogP contribution in [-0.2, 0) is 10.0 Å². The van der Waals surface area contributed by atoms with Crippen molar-refractivity contribution in [2.45, 2.75) is 0 Å². The molecule has 1 aliphatic heterocycles. The summed E-state index contributed by atoms with van der Waals surface area (Å²) < 4.78 is 23.1. The van der Waals surface area contributed by atoms with Crippen LogP contribution in [0.25, 0.3) is 0 Å². The second kappa shape index (κ2) is 4.26. The van der Waals surface area contributed by atoms with E-state index in [1.54, 1.807) is 4.72 Å². The van der Waals surface area contributed by atoms with E-state index >= 15 is 0 Å². The van der Waals surface area contributed by atoms with Crippen molar-refractivity contribution in [3.05, 3.63) is 0 Å². The van der Waals surface area contributed by atoms with E-state index < -0.39 is 27.5 Å². The van der Waals surface area contributed by atoms with Crippen molar-refractivity contribution in [1.82, 2.24) is 14.5 Å². The quantitative estimate of drug-likeness (QED) is 0.522. The van der Waals surface area contributed by atoms with Gasteiger partial charge in [-0.1, -0.05) is 0 Å². The molecule has 0 aromatic rings. The first-order valence-corrected chi connectivity index (χ1v) is 6.29. The van der Waals surface area contributed by atoms with Crippen molar-refractivity contribution in [2.24, 2.45) is 0 Å². The van der Waals surface area contributed by atoms with Crippen molar-refractivity contribution in [1.29, 1.82) is 0 Å². The molecule has 0 aliphatic carbocycles. The van der Waals surface area contributed by atoms with Crippen molar-refractivity contribution in [2.75, 3.05) is 19.3 Å². The minimum absolute atomic E-state index is 0.0572. The second-order valence-corrected chi connectivity index (χ2v) is 5.09. The first kappa shape index (κ1) is 12.7. The number of halogens is 1. The molecule has 0 aromatic heterocycles. The average Bonchev–Trinajstić information content (AvgIpc) is 2.43. The van der Waals surface area contributed by atoms with E-state index in [2.05, 4.69) is 0 Å². The van der Waals surface area contributed by atoms with Gasteiger partial charge in [0.15, 0.2) is 0 Å². The van der Waals surface area contributed by atoms with Gasteiger partial charge in [-0.3, -0.25) is 4.79 Å². The third-order valence-corrected chi connectivity index (χ3v) is 2.49. The summed E-state index contributed by atoms with van der Waals surface area (Å²) in [4.78, 5) is 34.6. The molecule has 8 nitrogen and oxygen atoms in total. The summed E-state index contributed by atoms with van der Waals surface area (Å²) in [7, 11) is -3.75. The molecule has 0 unspecified atom stereocenters. The van der Waals surface area contributed by atoms with Gasteiger partial charge in [-0.2, -0.15) is 0 Å². The highest BCUT2D eigenvalue weighted by atomic mass is 35.5. The molecule has 0 saturated carbocycles. The molecule has 1 aliphatic rings. The third-order valence-electron chi connectivity index (χ3n) is 1.74. The van der Waals surface area contributed by atoms with Gasteiger partial charge in [0.1, 0.15) is 0 Å². The fraction of sp³-hybridized carbons (Fsp3) is 0.500. The molecule has 1 saturated heterocycles. The molecule has 16 heavy (non-hydrogen) atoms. The first-order valence-electron chi connectivity index (χ1n) is 4.02. The molecule has 1 N–H and O–H groups in total. The maximum absolute atomic E-state index is 11.4. The van der Waals surface area contributed by atoms with Crippen molar-refractivity contribution >= 4 is 39.1 Å². The lowest BCUT2D eigenvalue weighted by Crippen LogP contribution is -2.44. The predicted molar refractivity (Wildman–Crippen MR) is 53.4 cm³/mol. The Balaban J connectivity index is 2.75.